The predicted molar refractivity (Wildman–Crippen MR) is 80.3 cm³/mol. The number of hydrogen-bond donors (Lipinski definition) is 0. The monoisotopic (exact) mass is 306 g/mol. The molecule has 3 heterocycles. The Morgan fingerprint density at radius 1 is 1.57 bits per heavy atom. The first-order valence-corrected chi connectivity index (χ1v) is 7.90. The van der Waals surface area contributed by atoms with E-state index >= 15 is 0 Å². The van der Waals surface area contributed by atoms with Crippen molar-refractivity contribution in [1.82, 2.24) is 19.7 Å². The minimum Gasteiger partial charge on any atom is -0.375 e. The maximum atomic E-state index is 12.5. The maximum absolute atomic E-state index is 12.5. The van der Waals surface area contributed by atoms with E-state index in [1.807, 2.05) is 23.5 Å². The quantitative estimate of drug-likeness (QED) is 0.867. The molecule has 1 aliphatic heterocycles. The first kappa shape index (κ1) is 14.2. The normalized spacial score (nSPS) is 19.0. The Balaban J connectivity index is 1.75. The van der Waals surface area contributed by atoms with Crippen LogP contribution >= 0.6 is 11.3 Å². The third kappa shape index (κ3) is 2.98. The van der Waals surface area contributed by atoms with Crippen LogP contribution in [0.25, 0.3) is 10.6 Å². The number of morpholine rings is 1. The maximum Gasteiger partial charge on any atom is 0.273 e. The number of carbonyl (C=O) groups excluding carboxylic acids is 1. The topological polar surface area (TPSA) is 60.2 Å². The molecule has 112 valence electrons. The van der Waals surface area contributed by atoms with E-state index in [9.17, 15) is 4.79 Å². The van der Waals surface area contributed by atoms with Gasteiger partial charge in [0.15, 0.2) is 0 Å². The molecule has 0 aliphatic carbocycles. The molecule has 1 amide bonds. The van der Waals surface area contributed by atoms with Gasteiger partial charge in [0.05, 0.1) is 18.9 Å². The third-order valence-corrected chi connectivity index (χ3v) is 4.45. The Morgan fingerprint density at radius 3 is 3.14 bits per heavy atom. The Hall–Kier alpha value is -1.73. The van der Waals surface area contributed by atoms with Crippen LogP contribution in [0.4, 0.5) is 0 Å². The summed E-state index contributed by atoms with van der Waals surface area (Å²) in [5, 5.41) is 6.78. The van der Waals surface area contributed by atoms with Crippen LogP contribution in [0.1, 0.15) is 23.8 Å². The van der Waals surface area contributed by atoms with Gasteiger partial charge in [0, 0.05) is 37.3 Å². The minimum atomic E-state index is -0.0110. The molecular formula is C14H18N4O2S. The van der Waals surface area contributed by atoms with Crippen LogP contribution in [0, 0.1) is 0 Å². The van der Waals surface area contributed by atoms with E-state index in [0.29, 0.717) is 25.4 Å². The number of ether oxygens (including phenoxy) is 1. The van der Waals surface area contributed by atoms with Crippen LogP contribution in [-0.4, -0.2) is 51.4 Å². The van der Waals surface area contributed by atoms with E-state index in [2.05, 4.69) is 17.0 Å². The van der Waals surface area contributed by atoms with Gasteiger partial charge in [0.2, 0.25) is 0 Å². The van der Waals surface area contributed by atoms with Crippen molar-refractivity contribution in [2.24, 2.45) is 7.05 Å². The van der Waals surface area contributed by atoms with Crippen LogP contribution < -0.4 is 0 Å². The van der Waals surface area contributed by atoms with Crippen LogP contribution in [0.2, 0.25) is 0 Å². The SMILES string of the molecule is CC[C@@H]1CN(C(=O)c2csc(-c3cnn(C)c3)n2)CCO1. The van der Waals surface area contributed by atoms with Gasteiger partial charge in [0.25, 0.3) is 5.91 Å². The first-order valence-electron chi connectivity index (χ1n) is 7.02. The number of nitrogens with zero attached hydrogens (tertiary/aromatic N) is 4. The summed E-state index contributed by atoms with van der Waals surface area (Å²) in [7, 11) is 1.86. The fourth-order valence-electron chi connectivity index (χ4n) is 2.35. The van der Waals surface area contributed by atoms with E-state index < -0.39 is 0 Å². The van der Waals surface area contributed by atoms with E-state index in [1.165, 1.54) is 11.3 Å². The second-order valence-electron chi connectivity index (χ2n) is 5.09. The lowest BCUT2D eigenvalue weighted by Crippen LogP contribution is -2.45. The standard InChI is InChI=1S/C14H18N4O2S/c1-3-11-8-18(4-5-20-11)14(19)12-9-21-13(16-12)10-6-15-17(2)7-10/h6-7,9,11H,3-5,8H2,1-2H3/t11-/m1/s1. The van der Waals surface area contributed by atoms with Gasteiger partial charge in [-0.3, -0.25) is 9.48 Å². The van der Waals surface area contributed by atoms with Crippen LogP contribution in [0.15, 0.2) is 17.8 Å². The van der Waals surface area contributed by atoms with Crippen molar-refractivity contribution in [3.63, 3.8) is 0 Å². The van der Waals surface area contributed by atoms with Crippen LogP contribution in [-0.2, 0) is 11.8 Å². The Labute approximate surface area is 127 Å². The van der Waals surface area contributed by atoms with Gasteiger partial charge >= 0.3 is 0 Å². The molecule has 0 radical (unpaired) electrons. The third-order valence-electron chi connectivity index (χ3n) is 3.56. The zero-order valence-corrected chi connectivity index (χ0v) is 13.0. The summed E-state index contributed by atoms with van der Waals surface area (Å²) in [6.07, 6.45) is 4.71. The van der Waals surface area contributed by atoms with Crippen molar-refractivity contribution in [2.75, 3.05) is 19.7 Å². The van der Waals surface area contributed by atoms with Gasteiger partial charge in [-0.05, 0) is 6.42 Å². The van der Waals surface area contributed by atoms with Gasteiger partial charge < -0.3 is 9.64 Å². The number of carbonyl (C=O) groups is 1. The van der Waals surface area contributed by atoms with E-state index in [0.717, 1.165) is 17.0 Å². The fourth-order valence-corrected chi connectivity index (χ4v) is 3.12. The van der Waals surface area contributed by atoms with E-state index in [4.69, 9.17) is 4.74 Å². The largest absolute Gasteiger partial charge is 0.375 e. The molecule has 2 aromatic heterocycles. The second-order valence-corrected chi connectivity index (χ2v) is 5.95. The number of thiazole rings is 1. The molecule has 1 saturated heterocycles. The van der Waals surface area contributed by atoms with Crippen molar-refractivity contribution in [1.29, 1.82) is 0 Å². The Bertz CT molecular complexity index is 636. The highest BCUT2D eigenvalue weighted by atomic mass is 32.1. The molecule has 0 bridgehead atoms. The van der Waals surface area contributed by atoms with Gasteiger partial charge in [-0.1, -0.05) is 6.92 Å². The Kier molecular flexibility index (Phi) is 4.03. The summed E-state index contributed by atoms with van der Waals surface area (Å²) >= 11 is 1.47. The smallest absolute Gasteiger partial charge is 0.273 e. The lowest BCUT2D eigenvalue weighted by atomic mass is 10.2. The highest BCUT2D eigenvalue weighted by Crippen LogP contribution is 2.24. The average molecular weight is 306 g/mol. The van der Waals surface area contributed by atoms with E-state index in [-0.39, 0.29) is 12.0 Å². The van der Waals surface area contributed by atoms with Gasteiger partial charge in [0.1, 0.15) is 10.7 Å². The molecule has 3 rings (SSSR count). The summed E-state index contributed by atoms with van der Waals surface area (Å²) in [4.78, 5) is 18.8. The van der Waals surface area contributed by atoms with Crippen molar-refractivity contribution in [2.45, 2.75) is 19.4 Å². The molecule has 6 nitrogen and oxygen atoms in total. The highest BCUT2D eigenvalue weighted by molar-refractivity contribution is 7.13. The summed E-state index contributed by atoms with van der Waals surface area (Å²) in [6.45, 7) is 3.95. The molecular weight excluding hydrogens is 288 g/mol. The summed E-state index contributed by atoms with van der Waals surface area (Å²) in [5.74, 6) is -0.0110. The van der Waals surface area contributed by atoms with Crippen molar-refractivity contribution < 1.29 is 9.53 Å². The summed E-state index contributed by atoms with van der Waals surface area (Å²) in [5.41, 5.74) is 1.45. The molecule has 0 unspecified atom stereocenters. The molecule has 21 heavy (non-hydrogen) atoms. The lowest BCUT2D eigenvalue weighted by Gasteiger charge is -2.32. The molecule has 7 heteroatoms. The van der Waals surface area contributed by atoms with Crippen LogP contribution in [0.3, 0.4) is 0 Å². The van der Waals surface area contributed by atoms with Gasteiger partial charge in [-0.25, -0.2) is 4.98 Å². The predicted octanol–water partition coefficient (Wildman–Crippen LogP) is 1.79. The van der Waals surface area contributed by atoms with Crippen molar-refractivity contribution >= 4 is 17.2 Å². The molecule has 1 aliphatic rings. The molecule has 1 atom stereocenters. The lowest BCUT2D eigenvalue weighted by molar-refractivity contribution is -0.0227. The van der Waals surface area contributed by atoms with Gasteiger partial charge in [-0.2, -0.15) is 5.10 Å². The van der Waals surface area contributed by atoms with Crippen molar-refractivity contribution in [3.8, 4) is 10.6 Å². The number of aromatic nitrogens is 3. The zero-order chi connectivity index (χ0) is 14.8. The molecule has 0 spiro atoms. The zero-order valence-electron chi connectivity index (χ0n) is 12.2. The molecule has 2 aromatic rings. The molecule has 0 N–H and O–H groups in total. The molecule has 0 aromatic carbocycles. The number of hydrogen-bond acceptors (Lipinski definition) is 5. The average Bonchev–Trinajstić information content (AvgIpc) is 3.15. The first-order chi connectivity index (χ1) is 10.2. The second kappa shape index (κ2) is 5.95. The Morgan fingerprint density at radius 2 is 2.43 bits per heavy atom. The summed E-state index contributed by atoms with van der Waals surface area (Å²) in [6, 6.07) is 0. The van der Waals surface area contributed by atoms with E-state index in [1.54, 1.807) is 10.9 Å². The minimum absolute atomic E-state index is 0.0110. The van der Waals surface area contributed by atoms with Gasteiger partial charge in [-0.15, -0.1) is 11.3 Å². The van der Waals surface area contributed by atoms with Crippen molar-refractivity contribution in [3.05, 3.63) is 23.5 Å². The number of rotatable bonds is 3. The number of aryl methyl sites for hydroxylation is 1. The fraction of sp³-hybridized carbons (Fsp3) is 0.500. The highest BCUT2D eigenvalue weighted by Gasteiger charge is 2.25. The molecule has 1 fully saturated rings. The summed E-state index contributed by atoms with van der Waals surface area (Å²) < 4.78 is 7.33. The molecule has 0 saturated carbocycles. The van der Waals surface area contributed by atoms with Crippen LogP contribution in [0.5, 0.6) is 0 Å². The number of amides is 1.